The number of nitrogens with one attached hydrogen (secondary N) is 2. The second-order valence-electron chi connectivity index (χ2n) is 6.67. The number of fused-ring (bicyclic) bond motifs is 1. The smallest absolute Gasteiger partial charge is 0.394 e. The van der Waals surface area contributed by atoms with E-state index in [9.17, 15) is 22.8 Å². The Morgan fingerprint density at radius 2 is 2.12 bits per heavy atom. The fraction of sp³-hybridized carbons (Fsp3) is 0.500. The lowest BCUT2D eigenvalue weighted by Gasteiger charge is -2.36. The molecule has 0 radical (unpaired) electrons. The number of hydrogen-bond acceptors (Lipinski definition) is 3. The van der Waals surface area contributed by atoms with Crippen molar-refractivity contribution in [3.8, 4) is 5.75 Å². The first kappa shape index (κ1) is 17.4. The van der Waals surface area contributed by atoms with E-state index in [4.69, 9.17) is 4.74 Å². The van der Waals surface area contributed by atoms with Gasteiger partial charge in [0.2, 0.25) is 0 Å². The van der Waals surface area contributed by atoms with Gasteiger partial charge in [0.05, 0.1) is 17.1 Å². The number of amides is 3. The minimum absolute atomic E-state index is 0.0283. The molecule has 3 rings (SSSR count). The Bertz CT molecular complexity index is 718. The van der Waals surface area contributed by atoms with Crippen LogP contribution in [-0.4, -0.2) is 41.7 Å². The highest BCUT2D eigenvalue weighted by molar-refractivity contribution is 5.96. The van der Waals surface area contributed by atoms with Gasteiger partial charge in [-0.25, -0.2) is 4.79 Å². The molecule has 0 aliphatic carbocycles. The lowest BCUT2D eigenvalue weighted by molar-refractivity contribution is -0.189. The number of nitrogens with zero attached hydrogens (tertiary/aromatic N) is 1. The van der Waals surface area contributed by atoms with E-state index in [-0.39, 0.29) is 25.5 Å². The molecule has 0 saturated carbocycles. The van der Waals surface area contributed by atoms with E-state index < -0.39 is 23.7 Å². The van der Waals surface area contributed by atoms with Crippen molar-refractivity contribution in [3.05, 3.63) is 18.2 Å². The standard InChI is InChI=1S/C16H18F3N3O3/c1-15(2)12(16(17,18)19)5-6-22(15)14(24)20-9-3-4-10-11(7-9)25-8-13(23)21-10/h3-4,7,12H,5-6,8H2,1-2H3,(H,20,24)(H,21,23)/t12-/m1/s1. The number of ether oxygens (including phenoxy) is 1. The Labute approximate surface area is 142 Å². The van der Waals surface area contributed by atoms with Crippen LogP contribution in [0.4, 0.5) is 29.3 Å². The molecule has 1 saturated heterocycles. The second kappa shape index (κ2) is 5.82. The summed E-state index contributed by atoms with van der Waals surface area (Å²) >= 11 is 0. The Hall–Kier alpha value is -2.45. The van der Waals surface area contributed by atoms with Crippen molar-refractivity contribution in [2.24, 2.45) is 5.92 Å². The summed E-state index contributed by atoms with van der Waals surface area (Å²) in [6, 6.07) is 4.04. The number of alkyl halides is 3. The van der Waals surface area contributed by atoms with Gasteiger partial charge in [-0.3, -0.25) is 4.79 Å². The highest BCUT2D eigenvalue weighted by atomic mass is 19.4. The molecule has 0 unspecified atom stereocenters. The summed E-state index contributed by atoms with van der Waals surface area (Å²) < 4.78 is 44.7. The van der Waals surface area contributed by atoms with Gasteiger partial charge in [-0.2, -0.15) is 13.2 Å². The van der Waals surface area contributed by atoms with Crippen molar-refractivity contribution in [2.75, 3.05) is 23.8 Å². The summed E-state index contributed by atoms with van der Waals surface area (Å²) in [5, 5.41) is 5.22. The number of benzene rings is 1. The first-order valence-corrected chi connectivity index (χ1v) is 7.81. The van der Waals surface area contributed by atoms with Crippen LogP contribution in [0, 0.1) is 5.92 Å². The third-order valence-corrected chi connectivity index (χ3v) is 4.70. The maximum atomic E-state index is 13.1. The van der Waals surface area contributed by atoms with Crippen LogP contribution in [0.15, 0.2) is 18.2 Å². The summed E-state index contributed by atoms with van der Waals surface area (Å²) in [4.78, 5) is 24.9. The van der Waals surface area contributed by atoms with Gasteiger partial charge < -0.3 is 20.3 Å². The predicted molar refractivity (Wildman–Crippen MR) is 84.5 cm³/mol. The van der Waals surface area contributed by atoms with E-state index in [0.29, 0.717) is 17.1 Å². The van der Waals surface area contributed by atoms with Crippen LogP contribution in [0.1, 0.15) is 20.3 Å². The van der Waals surface area contributed by atoms with Gasteiger partial charge in [-0.15, -0.1) is 0 Å². The van der Waals surface area contributed by atoms with E-state index in [0.717, 1.165) is 0 Å². The van der Waals surface area contributed by atoms with Crippen LogP contribution < -0.4 is 15.4 Å². The summed E-state index contributed by atoms with van der Waals surface area (Å²) in [5.41, 5.74) is -0.472. The van der Waals surface area contributed by atoms with Crippen LogP contribution >= 0.6 is 0 Å². The van der Waals surface area contributed by atoms with Crippen LogP contribution in [0.5, 0.6) is 5.75 Å². The largest absolute Gasteiger partial charge is 0.482 e. The highest BCUT2D eigenvalue weighted by Gasteiger charge is 2.56. The molecule has 9 heteroatoms. The lowest BCUT2D eigenvalue weighted by Crippen LogP contribution is -2.51. The molecule has 1 aromatic carbocycles. The lowest BCUT2D eigenvalue weighted by atomic mass is 9.88. The number of carbonyl (C=O) groups is 2. The van der Waals surface area contributed by atoms with Gasteiger partial charge >= 0.3 is 12.2 Å². The number of rotatable bonds is 1. The van der Waals surface area contributed by atoms with Crippen molar-refractivity contribution in [1.29, 1.82) is 0 Å². The van der Waals surface area contributed by atoms with Gasteiger partial charge in [-0.1, -0.05) is 0 Å². The molecule has 2 aliphatic heterocycles. The van der Waals surface area contributed by atoms with Crippen LogP contribution in [-0.2, 0) is 4.79 Å². The van der Waals surface area contributed by atoms with Crippen LogP contribution in [0.25, 0.3) is 0 Å². The number of likely N-dealkylation sites (tertiary alicyclic amines) is 1. The third kappa shape index (κ3) is 3.22. The molecule has 2 aliphatic rings. The van der Waals surface area contributed by atoms with Crippen molar-refractivity contribution in [3.63, 3.8) is 0 Å². The minimum atomic E-state index is -4.35. The molecule has 2 N–H and O–H groups in total. The van der Waals surface area contributed by atoms with Gasteiger partial charge in [0, 0.05) is 18.3 Å². The van der Waals surface area contributed by atoms with E-state index in [1.807, 2.05) is 0 Å². The fourth-order valence-electron chi connectivity index (χ4n) is 3.36. The summed E-state index contributed by atoms with van der Waals surface area (Å²) in [7, 11) is 0. The Balaban J connectivity index is 1.74. The van der Waals surface area contributed by atoms with Crippen molar-refractivity contribution < 1.29 is 27.5 Å². The maximum absolute atomic E-state index is 13.1. The molecular formula is C16H18F3N3O3. The molecule has 3 amide bonds. The first-order chi connectivity index (χ1) is 11.6. The van der Waals surface area contributed by atoms with Gasteiger partial charge in [0.25, 0.3) is 5.91 Å². The minimum Gasteiger partial charge on any atom is -0.482 e. The zero-order chi connectivity index (χ0) is 18.4. The number of halogens is 3. The molecule has 136 valence electrons. The van der Waals surface area contributed by atoms with E-state index in [2.05, 4.69) is 10.6 Å². The van der Waals surface area contributed by atoms with Crippen molar-refractivity contribution >= 4 is 23.3 Å². The molecule has 6 nitrogen and oxygen atoms in total. The van der Waals surface area contributed by atoms with Gasteiger partial charge in [0.15, 0.2) is 6.61 Å². The zero-order valence-electron chi connectivity index (χ0n) is 13.7. The van der Waals surface area contributed by atoms with E-state index >= 15 is 0 Å². The topological polar surface area (TPSA) is 70.7 Å². The van der Waals surface area contributed by atoms with Gasteiger partial charge in [0.1, 0.15) is 5.75 Å². The predicted octanol–water partition coefficient (Wildman–Crippen LogP) is 3.21. The highest BCUT2D eigenvalue weighted by Crippen LogP contribution is 2.45. The number of carbonyl (C=O) groups excluding carboxylic acids is 2. The molecule has 1 aromatic rings. The van der Waals surface area contributed by atoms with E-state index in [1.54, 1.807) is 12.1 Å². The third-order valence-electron chi connectivity index (χ3n) is 4.70. The normalized spacial score (nSPS) is 22.0. The summed E-state index contributed by atoms with van der Waals surface area (Å²) in [5.74, 6) is -1.44. The fourth-order valence-corrected chi connectivity index (χ4v) is 3.36. The number of urea groups is 1. The van der Waals surface area contributed by atoms with Crippen LogP contribution in [0.2, 0.25) is 0 Å². The maximum Gasteiger partial charge on any atom is 0.394 e. The molecule has 0 bridgehead atoms. The molecule has 1 atom stereocenters. The number of hydrogen-bond donors (Lipinski definition) is 2. The zero-order valence-corrected chi connectivity index (χ0v) is 13.7. The first-order valence-electron chi connectivity index (χ1n) is 7.81. The summed E-state index contributed by atoms with van der Waals surface area (Å²) in [6.07, 6.45) is -4.47. The monoisotopic (exact) mass is 357 g/mol. The quantitative estimate of drug-likeness (QED) is 0.811. The SMILES string of the molecule is CC1(C)[C@H](C(F)(F)F)CCN1C(=O)Nc1ccc2c(c1)OCC(=O)N2. The Morgan fingerprint density at radius 3 is 2.76 bits per heavy atom. The molecule has 0 aromatic heterocycles. The number of anilines is 2. The van der Waals surface area contributed by atoms with Gasteiger partial charge in [-0.05, 0) is 32.4 Å². The average Bonchev–Trinajstić information content (AvgIpc) is 2.82. The van der Waals surface area contributed by atoms with E-state index in [1.165, 1.54) is 24.8 Å². The second-order valence-corrected chi connectivity index (χ2v) is 6.67. The van der Waals surface area contributed by atoms with Crippen molar-refractivity contribution in [2.45, 2.75) is 32.0 Å². The summed E-state index contributed by atoms with van der Waals surface area (Å²) in [6.45, 7) is 2.74. The molecule has 25 heavy (non-hydrogen) atoms. The molecule has 0 spiro atoms. The Kier molecular flexibility index (Phi) is 4.04. The average molecular weight is 357 g/mol. The van der Waals surface area contributed by atoms with Crippen LogP contribution in [0.3, 0.4) is 0 Å². The molecule has 2 heterocycles. The molecule has 1 fully saturated rings. The van der Waals surface area contributed by atoms with Crippen molar-refractivity contribution in [1.82, 2.24) is 4.90 Å². The molecular weight excluding hydrogens is 339 g/mol. The Morgan fingerprint density at radius 1 is 1.40 bits per heavy atom.